The number of hydrogen-bond acceptors (Lipinski definition) is 7. The van der Waals surface area contributed by atoms with Crippen LogP contribution in [0.5, 0.6) is 5.75 Å². The Hall–Kier alpha value is -3.19. The van der Waals surface area contributed by atoms with Crippen LogP contribution in [0.25, 0.3) is 21.5 Å². The van der Waals surface area contributed by atoms with Crippen molar-refractivity contribution in [1.82, 2.24) is 10.2 Å². The molecule has 4 rings (SSSR count). The molecule has 0 aliphatic rings. The molecule has 0 amide bonds. The van der Waals surface area contributed by atoms with Gasteiger partial charge >= 0.3 is 5.63 Å². The number of anilines is 1. The molecule has 2 N–H and O–H groups in total. The molecule has 124 valence electrons. The van der Waals surface area contributed by atoms with Gasteiger partial charge in [0.05, 0.1) is 5.56 Å². The van der Waals surface area contributed by atoms with Crippen LogP contribution in [-0.4, -0.2) is 15.3 Å². The highest BCUT2D eigenvalue weighted by Gasteiger charge is 2.13. The zero-order valence-corrected chi connectivity index (χ0v) is 13.8. The van der Waals surface area contributed by atoms with E-state index in [2.05, 4.69) is 15.5 Å². The normalized spacial score (nSPS) is 10.9. The number of nitrogens with zero attached hydrogens (tertiary/aromatic N) is 2. The molecule has 2 heterocycles. The summed E-state index contributed by atoms with van der Waals surface area (Å²) in [6, 6.07) is 16.3. The van der Waals surface area contributed by atoms with E-state index in [1.807, 2.05) is 30.3 Å². The number of phenolic OH excluding ortho intramolecular Hbond substituents is 1. The summed E-state index contributed by atoms with van der Waals surface area (Å²) in [4.78, 5) is 12.2. The molecule has 7 heteroatoms. The Morgan fingerprint density at radius 1 is 1.08 bits per heavy atom. The third kappa shape index (κ3) is 3.22. The average Bonchev–Trinajstić information content (AvgIpc) is 3.09. The number of aromatic hydroxyl groups is 1. The quantitative estimate of drug-likeness (QED) is 0.546. The predicted octanol–water partition coefficient (Wildman–Crippen LogP) is 3.63. The Morgan fingerprint density at radius 2 is 1.92 bits per heavy atom. The van der Waals surface area contributed by atoms with Gasteiger partial charge in [-0.3, -0.25) is 0 Å². The summed E-state index contributed by atoms with van der Waals surface area (Å²) in [6.07, 6.45) is 0. The van der Waals surface area contributed by atoms with Gasteiger partial charge in [-0.2, -0.15) is 0 Å². The van der Waals surface area contributed by atoms with Crippen molar-refractivity contribution in [2.45, 2.75) is 6.54 Å². The van der Waals surface area contributed by atoms with Crippen molar-refractivity contribution in [3.8, 4) is 16.3 Å². The van der Waals surface area contributed by atoms with Gasteiger partial charge in [0.25, 0.3) is 0 Å². The number of fused-ring (bicyclic) bond motifs is 1. The lowest BCUT2D eigenvalue weighted by atomic mass is 10.2. The smallest absolute Gasteiger partial charge is 0.346 e. The molecule has 0 bridgehead atoms. The molecule has 0 radical (unpaired) electrons. The lowest BCUT2D eigenvalue weighted by Gasteiger charge is -2.01. The highest BCUT2D eigenvalue weighted by molar-refractivity contribution is 7.18. The number of nitrogens with one attached hydrogen (secondary N) is 1. The van der Waals surface area contributed by atoms with E-state index in [-0.39, 0.29) is 5.75 Å². The molecule has 0 fully saturated rings. The summed E-state index contributed by atoms with van der Waals surface area (Å²) in [5, 5.41) is 22.7. The summed E-state index contributed by atoms with van der Waals surface area (Å²) in [5.74, 6) is 0.0479. The lowest BCUT2D eigenvalue weighted by Crippen LogP contribution is -2.02. The van der Waals surface area contributed by atoms with Gasteiger partial charge in [-0.25, -0.2) is 4.79 Å². The molecule has 4 aromatic rings. The highest BCUT2D eigenvalue weighted by Crippen LogP contribution is 2.27. The first-order valence-electron chi connectivity index (χ1n) is 7.57. The van der Waals surface area contributed by atoms with Gasteiger partial charge in [0.1, 0.15) is 11.3 Å². The minimum atomic E-state index is -0.510. The van der Waals surface area contributed by atoms with Crippen molar-refractivity contribution in [1.29, 1.82) is 0 Å². The van der Waals surface area contributed by atoms with Crippen molar-refractivity contribution >= 4 is 27.4 Å². The monoisotopic (exact) mass is 351 g/mol. The van der Waals surface area contributed by atoms with Crippen LogP contribution in [0.15, 0.2) is 63.8 Å². The van der Waals surface area contributed by atoms with Crippen LogP contribution in [0.3, 0.4) is 0 Å². The van der Waals surface area contributed by atoms with Crippen molar-refractivity contribution in [2.75, 3.05) is 5.32 Å². The maximum Gasteiger partial charge on any atom is 0.346 e. The molecular weight excluding hydrogens is 338 g/mol. The van der Waals surface area contributed by atoms with E-state index in [0.717, 1.165) is 5.56 Å². The molecule has 0 atom stereocenters. The molecule has 0 spiro atoms. The Bertz CT molecular complexity index is 1090. The number of benzene rings is 2. The highest BCUT2D eigenvalue weighted by atomic mass is 32.1. The number of phenols is 1. The largest absolute Gasteiger partial charge is 0.508 e. The van der Waals surface area contributed by atoms with Crippen LogP contribution in [-0.2, 0) is 6.54 Å². The van der Waals surface area contributed by atoms with E-state index in [9.17, 15) is 9.90 Å². The fourth-order valence-corrected chi connectivity index (χ4v) is 3.17. The first-order chi connectivity index (χ1) is 12.2. The fourth-order valence-electron chi connectivity index (χ4n) is 2.43. The lowest BCUT2D eigenvalue weighted by molar-refractivity contribution is 0.473. The summed E-state index contributed by atoms with van der Waals surface area (Å²) in [7, 11) is 0. The first kappa shape index (κ1) is 15.3. The molecule has 25 heavy (non-hydrogen) atoms. The van der Waals surface area contributed by atoms with Crippen molar-refractivity contribution in [3.05, 3.63) is 70.6 Å². The van der Waals surface area contributed by atoms with Crippen LogP contribution in [0, 0.1) is 0 Å². The van der Waals surface area contributed by atoms with Crippen LogP contribution < -0.4 is 10.9 Å². The van der Waals surface area contributed by atoms with Gasteiger partial charge in [-0.15, -0.1) is 10.2 Å². The molecule has 0 saturated heterocycles. The Labute approximate surface area is 146 Å². The number of aromatic nitrogens is 2. The van der Waals surface area contributed by atoms with Gasteiger partial charge in [-0.05, 0) is 23.8 Å². The summed E-state index contributed by atoms with van der Waals surface area (Å²) in [6.45, 7) is 0.626. The standard InChI is InChI=1S/C18H13N3O3S/c22-13-7-6-12-8-14(17(23)24-15(12)9-13)16-20-21-18(25-16)19-10-11-4-2-1-3-5-11/h1-9,22H,10H2,(H,19,21). The van der Waals surface area contributed by atoms with Crippen molar-refractivity contribution < 1.29 is 9.52 Å². The van der Waals surface area contributed by atoms with E-state index in [0.29, 0.717) is 33.2 Å². The van der Waals surface area contributed by atoms with E-state index in [1.54, 1.807) is 18.2 Å². The Kier molecular flexibility index (Phi) is 3.91. The second-order valence-electron chi connectivity index (χ2n) is 5.42. The fraction of sp³-hybridized carbons (Fsp3) is 0.0556. The molecule has 2 aromatic heterocycles. The van der Waals surface area contributed by atoms with Gasteiger partial charge in [0.15, 0.2) is 5.01 Å². The first-order valence-corrected chi connectivity index (χ1v) is 8.39. The Morgan fingerprint density at radius 3 is 2.76 bits per heavy atom. The molecule has 2 aromatic carbocycles. The summed E-state index contributed by atoms with van der Waals surface area (Å²) < 4.78 is 5.27. The molecule has 0 aliphatic carbocycles. The number of hydrogen-bond donors (Lipinski definition) is 2. The molecule has 0 unspecified atom stereocenters. The summed E-state index contributed by atoms with van der Waals surface area (Å²) in [5.41, 5.74) is 1.30. The second kappa shape index (κ2) is 6.37. The van der Waals surface area contributed by atoms with Gasteiger partial charge in [0, 0.05) is 18.0 Å². The van der Waals surface area contributed by atoms with E-state index < -0.39 is 5.63 Å². The molecular formula is C18H13N3O3S. The third-order valence-corrected chi connectivity index (χ3v) is 4.58. The van der Waals surface area contributed by atoms with Gasteiger partial charge in [-0.1, -0.05) is 41.7 Å². The molecule has 0 aliphatic heterocycles. The SMILES string of the molecule is O=c1oc2cc(O)ccc2cc1-c1nnc(NCc2ccccc2)s1. The predicted molar refractivity (Wildman–Crippen MR) is 96.8 cm³/mol. The zero-order valence-electron chi connectivity index (χ0n) is 13.0. The van der Waals surface area contributed by atoms with Gasteiger partial charge in [0.2, 0.25) is 5.13 Å². The third-order valence-electron chi connectivity index (χ3n) is 3.66. The maximum absolute atomic E-state index is 12.2. The second-order valence-corrected chi connectivity index (χ2v) is 6.40. The zero-order chi connectivity index (χ0) is 17.2. The minimum Gasteiger partial charge on any atom is -0.508 e. The minimum absolute atomic E-state index is 0.0479. The van der Waals surface area contributed by atoms with Gasteiger partial charge < -0.3 is 14.8 Å². The van der Waals surface area contributed by atoms with E-state index in [1.165, 1.54) is 17.4 Å². The molecule has 0 saturated carbocycles. The average molecular weight is 351 g/mol. The summed E-state index contributed by atoms with van der Waals surface area (Å²) >= 11 is 1.29. The Balaban J connectivity index is 1.61. The van der Waals surface area contributed by atoms with Crippen LogP contribution >= 0.6 is 11.3 Å². The van der Waals surface area contributed by atoms with Crippen LogP contribution in [0.4, 0.5) is 5.13 Å². The topological polar surface area (TPSA) is 88.2 Å². The van der Waals surface area contributed by atoms with Crippen molar-refractivity contribution in [2.24, 2.45) is 0 Å². The van der Waals surface area contributed by atoms with E-state index >= 15 is 0 Å². The number of rotatable bonds is 4. The van der Waals surface area contributed by atoms with Crippen LogP contribution in [0.1, 0.15) is 5.56 Å². The van der Waals surface area contributed by atoms with E-state index in [4.69, 9.17) is 4.42 Å². The van der Waals surface area contributed by atoms with Crippen molar-refractivity contribution in [3.63, 3.8) is 0 Å². The maximum atomic E-state index is 12.2. The van der Waals surface area contributed by atoms with Crippen LogP contribution in [0.2, 0.25) is 0 Å². The molecule has 6 nitrogen and oxygen atoms in total.